The van der Waals surface area contributed by atoms with Crippen molar-refractivity contribution in [2.45, 2.75) is 49.3 Å². The lowest BCUT2D eigenvalue weighted by Crippen LogP contribution is -2.49. The second kappa shape index (κ2) is 14.8. The molecule has 1 saturated heterocycles. The molecule has 0 radical (unpaired) electrons. The Morgan fingerprint density at radius 2 is 1.80 bits per heavy atom. The van der Waals surface area contributed by atoms with E-state index < -0.39 is 34.1 Å². The molecule has 0 unspecified atom stereocenters. The van der Waals surface area contributed by atoms with Gasteiger partial charge in [-0.15, -0.1) is 0 Å². The Hall–Kier alpha value is -4.49. The number of carbonyl (C=O) groups excluding carboxylic acids is 3. The quantitative estimate of drug-likeness (QED) is 0.104. The van der Waals surface area contributed by atoms with Crippen LogP contribution in [0.25, 0.3) is 10.8 Å². The first-order chi connectivity index (χ1) is 21.1. The lowest BCUT2D eigenvalue weighted by Gasteiger charge is -2.25. The fourth-order valence-corrected chi connectivity index (χ4v) is 7.05. The van der Waals surface area contributed by atoms with Gasteiger partial charge in [0.25, 0.3) is 0 Å². The summed E-state index contributed by atoms with van der Waals surface area (Å²) in [5.41, 5.74) is 1.70. The van der Waals surface area contributed by atoms with Gasteiger partial charge in [-0.05, 0) is 43.4 Å². The maximum absolute atomic E-state index is 13.9. The van der Waals surface area contributed by atoms with E-state index in [4.69, 9.17) is 10.1 Å². The summed E-state index contributed by atoms with van der Waals surface area (Å²) in [7, 11) is -0.237. The molecule has 1 aliphatic rings. The number of ether oxygens (including phenoxy) is 1. The van der Waals surface area contributed by atoms with Crippen molar-refractivity contribution >= 4 is 50.7 Å². The second-order valence-electron chi connectivity index (χ2n) is 10.7. The molecule has 2 amide bonds. The third kappa shape index (κ3) is 7.91. The minimum absolute atomic E-state index is 0.0692. The minimum atomic E-state index is -4.02. The molecule has 1 heterocycles. The number of amides is 2. The van der Waals surface area contributed by atoms with Gasteiger partial charge in [-0.2, -0.15) is 4.31 Å². The van der Waals surface area contributed by atoms with Gasteiger partial charge >= 0.3 is 6.09 Å². The van der Waals surface area contributed by atoms with Crippen LogP contribution in [0.5, 0.6) is 0 Å². The van der Waals surface area contributed by atoms with Gasteiger partial charge in [0.15, 0.2) is 5.96 Å². The number of carbonyl (C=O) groups is 3. The van der Waals surface area contributed by atoms with Gasteiger partial charge < -0.3 is 25.1 Å². The molecule has 44 heavy (non-hydrogen) atoms. The summed E-state index contributed by atoms with van der Waals surface area (Å²) >= 11 is 0. The molecule has 0 aromatic heterocycles. The van der Waals surface area contributed by atoms with E-state index in [1.165, 1.54) is 4.31 Å². The van der Waals surface area contributed by atoms with E-state index in [-0.39, 0.29) is 37.0 Å². The molecule has 1 fully saturated rings. The van der Waals surface area contributed by atoms with Crippen LogP contribution in [0.3, 0.4) is 0 Å². The summed E-state index contributed by atoms with van der Waals surface area (Å²) in [6.07, 6.45) is 1.35. The molecule has 0 saturated carbocycles. The zero-order valence-corrected chi connectivity index (χ0v) is 25.6. The Bertz CT molecular complexity index is 1600. The molecule has 4 N–H and O–H groups in total. The first-order valence-electron chi connectivity index (χ1n) is 14.4. The average molecular weight is 623 g/mol. The molecule has 4 rings (SSSR count). The van der Waals surface area contributed by atoms with Gasteiger partial charge in [0, 0.05) is 43.6 Å². The van der Waals surface area contributed by atoms with E-state index in [9.17, 15) is 22.8 Å². The first kappa shape index (κ1) is 32.4. The van der Waals surface area contributed by atoms with Crippen LogP contribution >= 0.6 is 0 Å². The number of nitrogens with one attached hydrogen (secondary N) is 4. The van der Waals surface area contributed by atoms with Crippen LogP contribution in [0.4, 0.5) is 10.5 Å². The number of benzene rings is 3. The van der Waals surface area contributed by atoms with Crippen LogP contribution in [-0.2, 0) is 31.0 Å². The summed E-state index contributed by atoms with van der Waals surface area (Å²) in [6.45, 7) is 0.514. The largest absolute Gasteiger partial charge is 0.444 e. The molecule has 1 aliphatic heterocycles. The molecule has 3 aromatic rings. The Balaban J connectivity index is 1.29. The van der Waals surface area contributed by atoms with Crippen molar-refractivity contribution in [2.24, 2.45) is 0 Å². The molecular formula is C31H38N6O6S. The van der Waals surface area contributed by atoms with E-state index >= 15 is 0 Å². The number of guanidine groups is 1. The van der Waals surface area contributed by atoms with Crippen LogP contribution in [0.1, 0.15) is 31.2 Å². The highest BCUT2D eigenvalue weighted by Gasteiger charge is 2.40. The van der Waals surface area contributed by atoms with E-state index in [1.807, 2.05) is 67.5 Å². The van der Waals surface area contributed by atoms with Crippen molar-refractivity contribution < 1.29 is 27.5 Å². The van der Waals surface area contributed by atoms with Gasteiger partial charge in [-0.25, -0.2) is 13.2 Å². The van der Waals surface area contributed by atoms with E-state index in [1.54, 1.807) is 18.2 Å². The molecule has 2 atom stereocenters. The normalized spacial score (nSPS) is 15.7. The van der Waals surface area contributed by atoms with Gasteiger partial charge in [-0.3, -0.25) is 15.5 Å². The summed E-state index contributed by atoms with van der Waals surface area (Å²) in [5, 5.41) is 16.9. The van der Waals surface area contributed by atoms with Crippen molar-refractivity contribution in [3.63, 3.8) is 0 Å². The van der Waals surface area contributed by atoms with Crippen LogP contribution < -0.4 is 20.9 Å². The average Bonchev–Trinajstić information content (AvgIpc) is 3.53. The molecular weight excluding hydrogens is 584 g/mol. The van der Waals surface area contributed by atoms with Crippen LogP contribution in [-0.4, -0.2) is 76.2 Å². The zero-order valence-electron chi connectivity index (χ0n) is 24.8. The van der Waals surface area contributed by atoms with Crippen LogP contribution in [0.2, 0.25) is 0 Å². The number of hydrogen-bond acceptors (Lipinski definition) is 8. The smallest absolute Gasteiger partial charge is 0.414 e. The second-order valence-corrected chi connectivity index (χ2v) is 12.5. The van der Waals surface area contributed by atoms with Crippen LogP contribution in [0, 0.1) is 5.41 Å². The summed E-state index contributed by atoms with van der Waals surface area (Å²) in [6, 6.07) is 18.0. The maximum atomic E-state index is 13.9. The van der Waals surface area contributed by atoms with Crippen molar-refractivity contribution in [1.29, 1.82) is 5.41 Å². The zero-order chi connectivity index (χ0) is 31.7. The molecule has 12 nitrogen and oxygen atoms in total. The molecule has 0 spiro atoms. The van der Waals surface area contributed by atoms with Crippen molar-refractivity contribution in [2.75, 3.05) is 32.1 Å². The SMILES string of the molecule is CN(C)c1cccc2c(S(=O)(=O)N3CCC[C@H]3C(=O)N[C@H](C=O)CCCNC(=N)NC(=O)OCc3ccccc3)cccc12. The molecule has 0 aliphatic carbocycles. The number of hydrogen-bond donors (Lipinski definition) is 4. The predicted octanol–water partition coefficient (Wildman–Crippen LogP) is 2.97. The van der Waals surface area contributed by atoms with Gasteiger partial charge in [0.1, 0.15) is 18.9 Å². The highest BCUT2D eigenvalue weighted by Crippen LogP contribution is 2.34. The third-order valence-corrected chi connectivity index (χ3v) is 9.33. The molecule has 234 valence electrons. The summed E-state index contributed by atoms with van der Waals surface area (Å²) in [4.78, 5) is 39.0. The van der Waals surface area contributed by atoms with Gasteiger partial charge in [0.2, 0.25) is 15.9 Å². The third-order valence-electron chi connectivity index (χ3n) is 7.36. The molecule has 3 aromatic carbocycles. The minimum Gasteiger partial charge on any atom is -0.444 e. The first-order valence-corrected chi connectivity index (χ1v) is 15.8. The number of aldehydes is 1. The number of fused-ring (bicyclic) bond motifs is 1. The highest BCUT2D eigenvalue weighted by molar-refractivity contribution is 7.89. The number of anilines is 1. The van der Waals surface area contributed by atoms with Crippen molar-refractivity contribution in [3.8, 4) is 0 Å². The Morgan fingerprint density at radius 3 is 2.52 bits per heavy atom. The predicted molar refractivity (Wildman–Crippen MR) is 168 cm³/mol. The summed E-state index contributed by atoms with van der Waals surface area (Å²) < 4.78 is 34.0. The van der Waals surface area contributed by atoms with Crippen LogP contribution in [0.15, 0.2) is 71.6 Å². The van der Waals surface area contributed by atoms with Gasteiger partial charge in [0.05, 0.1) is 10.9 Å². The van der Waals surface area contributed by atoms with E-state index in [2.05, 4.69) is 16.0 Å². The maximum Gasteiger partial charge on any atom is 0.414 e. The van der Waals surface area contributed by atoms with Gasteiger partial charge in [-0.1, -0.05) is 54.6 Å². The van der Waals surface area contributed by atoms with E-state index in [0.29, 0.717) is 30.9 Å². The fourth-order valence-electron chi connectivity index (χ4n) is 5.19. The standard InChI is InChI=1S/C31H38N6O6S/c1-36(2)26-15-6-14-25-24(26)13-7-17-28(25)44(41,42)37-19-9-16-27(37)29(39)34-23(20-38)12-8-18-33-30(32)35-31(40)43-21-22-10-4-3-5-11-22/h3-7,10-11,13-15,17,20,23,27H,8-9,12,16,18-19,21H2,1-2H3,(H,34,39)(H3,32,33,35,40)/t23-,27-/m0/s1. The number of nitrogens with zero attached hydrogens (tertiary/aromatic N) is 2. The highest BCUT2D eigenvalue weighted by atomic mass is 32.2. The molecule has 0 bridgehead atoms. The van der Waals surface area contributed by atoms with Crippen molar-refractivity contribution in [3.05, 3.63) is 72.3 Å². The number of rotatable bonds is 12. The number of alkyl carbamates (subject to hydrolysis) is 1. The Labute approximate surface area is 257 Å². The Morgan fingerprint density at radius 1 is 1.07 bits per heavy atom. The number of sulfonamides is 1. The topological polar surface area (TPSA) is 161 Å². The Kier molecular flexibility index (Phi) is 10.9. The van der Waals surface area contributed by atoms with E-state index in [0.717, 1.165) is 16.6 Å². The molecule has 13 heteroatoms. The van der Waals surface area contributed by atoms with Crippen molar-refractivity contribution in [1.82, 2.24) is 20.3 Å². The lowest BCUT2D eigenvalue weighted by molar-refractivity contribution is -0.126. The fraction of sp³-hybridized carbons (Fsp3) is 0.355. The monoisotopic (exact) mass is 622 g/mol. The lowest BCUT2D eigenvalue weighted by atomic mass is 10.1. The summed E-state index contributed by atoms with van der Waals surface area (Å²) in [5.74, 6) is -0.784.